The van der Waals surface area contributed by atoms with Crippen molar-refractivity contribution >= 4 is 22.9 Å². The second-order valence-electron chi connectivity index (χ2n) is 6.72. The fourth-order valence-electron chi connectivity index (χ4n) is 3.63. The largest absolute Gasteiger partial charge is 0.466 e. The number of pyridine rings is 1. The molecule has 3 aromatic rings. The third kappa shape index (κ3) is 3.32. The first kappa shape index (κ1) is 17.3. The summed E-state index contributed by atoms with van der Waals surface area (Å²) in [6, 6.07) is 5.80. The number of likely N-dealkylation sites (tertiary alicyclic amines) is 1. The summed E-state index contributed by atoms with van der Waals surface area (Å²) < 4.78 is 5.09. The predicted octanol–water partition coefficient (Wildman–Crippen LogP) is 2.97. The number of nitrogens with one attached hydrogen (secondary N) is 2. The predicted molar refractivity (Wildman–Crippen MR) is 101 cm³/mol. The molecule has 7 nitrogen and oxygen atoms in total. The average molecular weight is 366 g/mol. The van der Waals surface area contributed by atoms with Crippen molar-refractivity contribution in [1.82, 2.24) is 19.9 Å². The van der Waals surface area contributed by atoms with Crippen LogP contribution in [0.3, 0.4) is 0 Å². The van der Waals surface area contributed by atoms with E-state index in [9.17, 15) is 9.59 Å². The average Bonchev–Trinajstić information content (AvgIpc) is 3.37. The van der Waals surface area contributed by atoms with Crippen LogP contribution in [0.5, 0.6) is 0 Å². The molecule has 0 spiro atoms. The topological polar surface area (TPSA) is 91.1 Å². The van der Waals surface area contributed by atoms with Crippen molar-refractivity contribution in [1.29, 1.82) is 0 Å². The van der Waals surface area contributed by atoms with Gasteiger partial charge in [-0.3, -0.25) is 9.59 Å². The van der Waals surface area contributed by atoms with Crippen LogP contribution in [-0.2, 0) is 9.53 Å². The third-order valence-corrected chi connectivity index (χ3v) is 5.09. The van der Waals surface area contributed by atoms with E-state index in [2.05, 4.69) is 15.0 Å². The summed E-state index contributed by atoms with van der Waals surface area (Å²) in [5.41, 5.74) is 3.35. The molecule has 1 aliphatic heterocycles. The molecule has 0 unspecified atom stereocenters. The van der Waals surface area contributed by atoms with E-state index in [1.54, 1.807) is 11.1 Å². The van der Waals surface area contributed by atoms with E-state index in [0.29, 0.717) is 38.2 Å². The van der Waals surface area contributed by atoms with E-state index < -0.39 is 0 Å². The molecule has 0 atom stereocenters. The number of hydrogen-bond donors (Lipinski definition) is 2. The van der Waals surface area contributed by atoms with Gasteiger partial charge in [-0.15, -0.1) is 0 Å². The van der Waals surface area contributed by atoms with Crippen LogP contribution in [-0.4, -0.2) is 51.4 Å². The third-order valence-electron chi connectivity index (χ3n) is 5.09. The van der Waals surface area contributed by atoms with Gasteiger partial charge in [0.2, 0.25) is 0 Å². The molecular weight excluding hydrogens is 344 g/mol. The van der Waals surface area contributed by atoms with Crippen molar-refractivity contribution in [2.75, 3.05) is 19.7 Å². The Labute approximate surface area is 156 Å². The fourth-order valence-corrected chi connectivity index (χ4v) is 3.63. The molecule has 1 aliphatic rings. The Morgan fingerprint density at radius 3 is 2.85 bits per heavy atom. The first-order valence-electron chi connectivity index (χ1n) is 9.24. The van der Waals surface area contributed by atoms with Crippen molar-refractivity contribution in [2.24, 2.45) is 5.92 Å². The second kappa shape index (κ2) is 7.26. The lowest BCUT2D eigenvalue weighted by atomic mass is 9.97. The second-order valence-corrected chi connectivity index (χ2v) is 6.72. The molecule has 4 rings (SSSR count). The number of esters is 1. The Bertz CT molecular complexity index is 966. The lowest BCUT2D eigenvalue weighted by Gasteiger charge is -2.30. The molecule has 2 N–H and O–H groups in total. The van der Waals surface area contributed by atoms with E-state index in [4.69, 9.17) is 4.74 Å². The number of ether oxygens (including phenoxy) is 1. The van der Waals surface area contributed by atoms with Crippen molar-refractivity contribution in [3.8, 4) is 11.1 Å². The number of aromatic nitrogens is 3. The normalized spacial score (nSPS) is 15.2. The van der Waals surface area contributed by atoms with Crippen LogP contribution in [0, 0.1) is 5.92 Å². The Hall–Kier alpha value is -3.09. The summed E-state index contributed by atoms with van der Waals surface area (Å²) in [6.07, 6.45) is 6.75. The van der Waals surface area contributed by atoms with Gasteiger partial charge in [0.25, 0.3) is 5.91 Å². The zero-order chi connectivity index (χ0) is 18.8. The van der Waals surface area contributed by atoms with Crippen LogP contribution in [0.1, 0.15) is 30.3 Å². The van der Waals surface area contributed by atoms with Gasteiger partial charge in [0.15, 0.2) is 0 Å². The van der Waals surface area contributed by atoms with Crippen molar-refractivity contribution in [3.63, 3.8) is 0 Å². The molecule has 140 valence electrons. The molecule has 3 aromatic heterocycles. The molecule has 1 amide bonds. The van der Waals surface area contributed by atoms with E-state index in [-0.39, 0.29) is 17.8 Å². The highest BCUT2D eigenvalue weighted by molar-refractivity contribution is 5.97. The van der Waals surface area contributed by atoms with Gasteiger partial charge >= 0.3 is 5.97 Å². The summed E-state index contributed by atoms with van der Waals surface area (Å²) >= 11 is 0. The molecule has 0 bridgehead atoms. The standard InChI is InChI=1S/C20H22N4O3/c1-2-27-20(26)13-5-9-24(10-6-13)19(25)17-11-14(12-23-17)15-3-7-21-18-16(15)4-8-22-18/h3-4,7-8,11-13,23H,2,5-6,9-10H2,1H3,(H,21,22). The quantitative estimate of drug-likeness (QED) is 0.695. The molecule has 4 heterocycles. The number of aromatic amines is 2. The van der Waals surface area contributed by atoms with Gasteiger partial charge in [-0.2, -0.15) is 0 Å². The highest BCUT2D eigenvalue weighted by Crippen LogP contribution is 2.28. The maximum Gasteiger partial charge on any atom is 0.309 e. The summed E-state index contributed by atoms with van der Waals surface area (Å²) in [5, 5.41) is 1.02. The van der Waals surface area contributed by atoms with Crippen molar-refractivity contribution in [3.05, 3.63) is 42.5 Å². The highest BCUT2D eigenvalue weighted by Gasteiger charge is 2.29. The molecular formula is C20H22N4O3. The number of piperidine rings is 1. The molecule has 27 heavy (non-hydrogen) atoms. The summed E-state index contributed by atoms with van der Waals surface area (Å²) in [5.74, 6) is -0.296. The van der Waals surface area contributed by atoms with Crippen LogP contribution in [0.4, 0.5) is 0 Å². The fraction of sp³-hybridized carbons (Fsp3) is 0.350. The number of carbonyl (C=O) groups excluding carboxylic acids is 2. The number of carbonyl (C=O) groups is 2. The SMILES string of the molecule is CCOC(=O)C1CCN(C(=O)c2cc(-c3ccnc4[nH]ccc34)c[nH]2)CC1. The van der Waals surface area contributed by atoms with E-state index in [0.717, 1.165) is 22.2 Å². The monoisotopic (exact) mass is 366 g/mol. The minimum absolute atomic E-state index is 0.0390. The summed E-state index contributed by atoms with van der Waals surface area (Å²) in [6.45, 7) is 3.33. The lowest BCUT2D eigenvalue weighted by molar-refractivity contribution is -0.149. The van der Waals surface area contributed by atoms with E-state index in [1.165, 1.54) is 0 Å². The number of amides is 1. The molecule has 0 aromatic carbocycles. The van der Waals surface area contributed by atoms with Gasteiger partial charge in [-0.1, -0.05) is 0 Å². The van der Waals surface area contributed by atoms with Gasteiger partial charge in [-0.05, 0) is 43.5 Å². The number of hydrogen-bond acceptors (Lipinski definition) is 4. The maximum atomic E-state index is 12.8. The lowest BCUT2D eigenvalue weighted by Crippen LogP contribution is -2.40. The first-order valence-corrected chi connectivity index (χ1v) is 9.24. The zero-order valence-corrected chi connectivity index (χ0v) is 15.2. The Balaban J connectivity index is 1.47. The van der Waals surface area contributed by atoms with Gasteiger partial charge in [0.1, 0.15) is 11.3 Å². The number of nitrogens with zero attached hydrogens (tertiary/aromatic N) is 2. The summed E-state index contributed by atoms with van der Waals surface area (Å²) in [4.78, 5) is 37.0. The van der Waals surface area contributed by atoms with Crippen LogP contribution in [0.2, 0.25) is 0 Å². The highest BCUT2D eigenvalue weighted by atomic mass is 16.5. The smallest absolute Gasteiger partial charge is 0.309 e. The Kier molecular flexibility index (Phi) is 4.66. The van der Waals surface area contributed by atoms with Crippen LogP contribution >= 0.6 is 0 Å². The van der Waals surface area contributed by atoms with Crippen LogP contribution in [0.25, 0.3) is 22.2 Å². The summed E-state index contributed by atoms with van der Waals surface area (Å²) in [7, 11) is 0. The molecule has 0 saturated carbocycles. The minimum Gasteiger partial charge on any atom is -0.466 e. The Morgan fingerprint density at radius 1 is 1.26 bits per heavy atom. The Morgan fingerprint density at radius 2 is 2.07 bits per heavy atom. The molecule has 1 saturated heterocycles. The van der Waals surface area contributed by atoms with Crippen molar-refractivity contribution < 1.29 is 14.3 Å². The van der Waals surface area contributed by atoms with Crippen LogP contribution < -0.4 is 0 Å². The maximum absolute atomic E-state index is 12.8. The van der Waals surface area contributed by atoms with Gasteiger partial charge in [0.05, 0.1) is 12.5 Å². The van der Waals surface area contributed by atoms with Gasteiger partial charge in [-0.25, -0.2) is 4.98 Å². The molecule has 7 heteroatoms. The minimum atomic E-state index is -0.153. The van der Waals surface area contributed by atoms with Crippen LogP contribution in [0.15, 0.2) is 36.8 Å². The molecule has 1 fully saturated rings. The first-order chi connectivity index (χ1) is 13.2. The molecule has 0 radical (unpaired) electrons. The van der Waals surface area contributed by atoms with Gasteiger partial charge in [0, 0.05) is 42.6 Å². The van der Waals surface area contributed by atoms with Crippen molar-refractivity contribution in [2.45, 2.75) is 19.8 Å². The molecule has 0 aliphatic carbocycles. The number of H-pyrrole nitrogens is 2. The van der Waals surface area contributed by atoms with Gasteiger partial charge < -0.3 is 19.6 Å². The van der Waals surface area contributed by atoms with E-state index >= 15 is 0 Å². The number of rotatable bonds is 4. The zero-order valence-electron chi connectivity index (χ0n) is 15.2. The van der Waals surface area contributed by atoms with E-state index in [1.807, 2.05) is 37.5 Å². The number of fused-ring (bicyclic) bond motifs is 1.